The number of halogens is 1. The maximum absolute atomic E-state index is 12.3. The van der Waals surface area contributed by atoms with Crippen LogP contribution in [0.5, 0.6) is 5.75 Å². The number of hydrogen-bond donors (Lipinski definition) is 2. The van der Waals surface area contributed by atoms with E-state index in [-0.39, 0.29) is 17.3 Å². The predicted molar refractivity (Wildman–Crippen MR) is 108 cm³/mol. The molecule has 0 bridgehead atoms. The van der Waals surface area contributed by atoms with E-state index in [4.69, 9.17) is 21.2 Å². The molecule has 0 fully saturated rings. The number of carbonyl (C=O) groups is 1. The third-order valence-electron chi connectivity index (χ3n) is 3.74. The lowest BCUT2D eigenvalue weighted by atomic mass is 10.2. The quantitative estimate of drug-likeness (QED) is 0.491. The lowest BCUT2D eigenvalue weighted by molar-refractivity contribution is 0.0365. The van der Waals surface area contributed by atoms with Gasteiger partial charge in [-0.15, -0.1) is 0 Å². The van der Waals surface area contributed by atoms with E-state index in [2.05, 4.69) is 15.8 Å². The Labute approximate surface area is 168 Å². The van der Waals surface area contributed by atoms with Crippen molar-refractivity contribution in [1.29, 1.82) is 0 Å². The largest absolute Gasteiger partial charge is 0.497 e. The third kappa shape index (κ3) is 5.24. The van der Waals surface area contributed by atoms with Gasteiger partial charge in [0.05, 0.1) is 42.6 Å². The molecule has 1 aromatic heterocycles. The normalized spacial score (nSPS) is 11.0. The first-order chi connectivity index (χ1) is 13.2. The molecule has 11 heteroatoms. The molecule has 0 saturated heterocycles. The Morgan fingerprint density at radius 2 is 2.00 bits per heavy atom. The lowest BCUT2D eigenvalue weighted by Crippen LogP contribution is -2.26. The molecule has 0 saturated carbocycles. The molecule has 9 nitrogen and oxygen atoms in total. The van der Waals surface area contributed by atoms with E-state index in [1.165, 1.54) is 26.4 Å². The molecule has 1 amide bonds. The second kappa shape index (κ2) is 9.09. The molecule has 28 heavy (non-hydrogen) atoms. The highest BCUT2D eigenvalue weighted by atomic mass is 35.5. The van der Waals surface area contributed by atoms with Gasteiger partial charge in [-0.05, 0) is 25.1 Å². The van der Waals surface area contributed by atoms with E-state index in [1.54, 1.807) is 25.1 Å². The number of sulfonamides is 1. The summed E-state index contributed by atoms with van der Waals surface area (Å²) >= 11 is 5.97. The minimum absolute atomic E-state index is 0.155. The van der Waals surface area contributed by atoms with E-state index >= 15 is 0 Å². The molecule has 1 aromatic carbocycles. The van der Waals surface area contributed by atoms with Crippen molar-refractivity contribution < 1.29 is 22.8 Å². The molecule has 2 rings (SSSR count). The van der Waals surface area contributed by atoms with Gasteiger partial charge in [-0.2, -0.15) is 0 Å². The van der Waals surface area contributed by atoms with Crippen molar-refractivity contribution in [1.82, 2.24) is 10.5 Å². The van der Waals surface area contributed by atoms with Crippen LogP contribution in [-0.4, -0.2) is 46.3 Å². The third-order valence-corrected chi connectivity index (χ3v) is 5.13. The molecule has 0 aliphatic carbocycles. The number of hydroxylamine groups is 1. The number of nitrogens with zero attached hydrogens (tertiary/aromatic N) is 2. The Balaban J connectivity index is 2.51. The van der Waals surface area contributed by atoms with E-state index in [0.29, 0.717) is 22.8 Å². The van der Waals surface area contributed by atoms with Gasteiger partial charge in [0, 0.05) is 19.3 Å². The summed E-state index contributed by atoms with van der Waals surface area (Å²) in [4.78, 5) is 21.2. The number of rotatable bonds is 8. The molecule has 2 aromatic rings. The molecule has 1 heterocycles. The van der Waals surface area contributed by atoms with Crippen LogP contribution in [0.4, 0.5) is 17.1 Å². The number of pyridine rings is 1. The summed E-state index contributed by atoms with van der Waals surface area (Å²) in [7, 11) is -0.650. The average Bonchev–Trinajstić information content (AvgIpc) is 2.65. The highest BCUT2D eigenvalue weighted by Crippen LogP contribution is 2.34. The zero-order valence-corrected chi connectivity index (χ0v) is 17.4. The van der Waals surface area contributed by atoms with Gasteiger partial charge in [0.15, 0.2) is 0 Å². The zero-order valence-electron chi connectivity index (χ0n) is 15.8. The van der Waals surface area contributed by atoms with Gasteiger partial charge < -0.3 is 10.1 Å². The molecule has 0 spiro atoms. The monoisotopic (exact) mass is 428 g/mol. The first-order valence-corrected chi connectivity index (χ1v) is 10.4. The number of hydrogen-bond acceptors (Lipinski definition) is 7. The number of aromatic nitrogens is 1. The highest BCUT2D eigenvalue weighted by Gasteiger charge is 2.19. The van der Waals surface area contributed by atoms with Crippen LogP contribution in [0.2, 0.25) is 5.15 Å². The number of ether oxygens (including phenoxy) is 1. The summed E-state index contributed by atoms with van der Waals surface area (Å²) in [6, 6.07) is 6.31. The standard InChI is InChI=1S/C17H21ClN4O5S/c1-5-27-21-17(23)12-10-19-16(18)9-14(12)20-13-7-6-11(26-3)8-15(13)22(2)28(4,24)25/h6-10H,5H2,1-4H3,(H,19,20)(H,21,23). The number of benzene rings is 1. The smallest absolute Gasteiger partial charge is 0.278 e. The number of nitrogens with one attached hydrogen (secondary N) is 2. The van der Waals surface area contributed by atoms with Crippen molar-refractivity contribution in [2.75, 3.05) is 36.6 Å². The summed E-state index contributed by atoms with van der Waals surface area (Å²) < 4.78 is 30.3. The average molecular weight is 429 g/mol. The Morgan fingerprint density at radius 3 is 2.61 bits per heavy atom. The van der Waals surface area contributed by atoms with Crippen LogP contribution in [0.3, 0.4) is 0 Å². The van der Waals surface area contributed by atoms with E-state index in [9.17, 15) is 13.2 Å². The van der Waals surface area contributed by atoms with E-state index in [0.717, 1.165) is 10.6 Å². The molecule has 2 N–H and O–H groups in total. The number of amides is 1. The van der Waals surface area contributed by atoms with Crippen LogP contribution in [0.1, 0.15) is 17.3 Å². The van der Waals surface area contributed by atoms with Crippen molar-refractivity contribution in [3.63, 3.8) is 0 Å². The fourth-order valence-corrected chi connectivity index (χ4v) is 2.90. The van der Waals surface area contributed by atoms with Crippen LogP contribution in [0, 0.1) is 0 Å². The molecule has 0 aliphatic heterocycles. The topological polar surface area (TPSA) is 110 Å². The van der Waals surface area contributed by atoms with Crippen molar-refractivity contribution in [2.24, 2.45) is 0 Å². The number of methoxy groups -OCH3 is 1. The summed E-state index contributed by atoms with van der Waals surface area (Å²) in [6.45, 7) is 2.02. The summed E-state index contributed by atoms with van der Waals surface area (Å²) in [6.07, 6.45) is 2.38. The maximum atomic E-state index is 12.3. The lowest BCUT2D eigenvalue weighted by Gasteiger charge is -2.22. The van der Waals surface area contributed by atoms with Gasteiger partial charge in [-0.1, -0.05) is 11.6 Å². The molecule has 0 atom stereocenters. The van der Waals surface area contributed by atoms with Crippen LogP contribution < -0.4 is 19.8 Å². The predicted octanol–water partition coefficient (Wildman–Crippen LogP) is 2.56. The van der Waals surface area contributed by atoms with Crippen molar-refractivity contribution in [2.45, 2.75) is 6.92 Å². The Morgan fingerprint density at radius 1 is 1.29 bits per heavy atom. The molecular weight excluding hydrogens is 408 g/mol. The summed E-state index contributed by atoms with van der Waals surface area (Å²) in [5.74, 6) is -0.0573. The van der Waals surface area contributed by atoms with Gasteiger partial charge in [0.2, 0.25) is 10.0 Å². The van der Waals surface area contributed by atoms with E-state index in [1.807, 2.05) is 0 Å². The SMILES string of the molecule is CCONC(=O)c1cnc(Cl)cc1Nc1ccc(OC)cc1N(C)S(C)(=O)=O. The van der Waals surface area contributed by atoms with Crippen LogP contribution >= 0.6 is 11.6 Å². The van der Waals surface area contributed by atoms with Crippen molar-refractivity contribution in [3.05, 3.63) is 41.2 Å². The van der Waals surface area contributed by atoms with E-state index < -0.39 is 15.9 Å². The van der Waals surface area contributed by atoms with Crippen LogP contribution in [0.25, 0.3) is 0 Å². The van der Waals surface area contributed by atoms with Crippen LogP contribution in [0.15, 0.2) is 30.5 Å². The molecule has 152 valence electrons. The first-order valence-electron chi connectivity index (χ1n) is 8.14. The molecular formula is C17H21ClN4O5S. The van der Waals surface area contributed by atoms with Crippen molar-refractivity contribution >= 4 is 44.6 Å². The maximum Gasteiger partial charge on any atom is 0.278 e. The van der Waals surface area contributed by atoms with Gasteiger partial charge in [0.1, 0.15) is 10.9 Å². The fraction of sp³-hybridized carbons (Fsp3) is 0.294. The van der Waals surface area contributed by atoms with Gasteiger partial charge >= 0.3 is 0 Å². The van der Waals surface area contributed by atoms with Gasteiger partial charge in [-0.25, -0.2) is 18.9 Å². The Hall–Kier alpha value is -2.56. The number of carbonyl (C=O) groups excluding carboxylic acids is 1. The van der Waals surface area contributed by atoms with Crippen molar-refractivity contribution in [3.8, 4) is 5.75 Å². The highest BCUT2D eigenvalue weighted by molar-refractivity contribution is 7.92. The fourth-order valence-electron chi connectivity index (χ4n) is 2.24. The molecule has 0 unspecified atom stereocenters. The second-order valence-electron chi connectivity index (χ2n) is 5.66. The zero-order chi connectivity index (χ0) is 20.9. The van der Waals surface area contributed by atoms with Crippen LogP contribution in [-0.2, 0) is 14.9 Å². The number of anilines is 3. The summed E-state index contributed by atoms with van der Waals surface area (Å²) in [5.41, 5.74) is 3.52. The minimum Gasteiger partial charge on any atom is -0.497 e. The summed E-state index contributed by atoms with van der Waals surface area (Å²) in [5, 5.41) is 3.20. The molecule has 0 aliphatic rings. The second-order valence-corrected chi connectivity index (χ2v) is 8.06. The minimum atomic E-state index is -3.54. The van der Waals surface area contributed by atoms with Gasteiger partial charge in [0.25, 0.3) is 5.91 Å². The Kier molecular flexibility index (Phi) is 7.05. The Bertz CT molecular complexity index is 968. The van der Waals surface area contributed by atoms with Gasteiger partial charge in [-0.3, -0.25) is 13.9 Å². The first kappa shape index (κ1) is 21.7. The molecule has 0 radical (unpaired) electrons.